The average Bonchev–Trinajstić information content (AvgIpc) is 3.03. The zero-order valence-electron chi connectivity index (χ0n) is 12.5. The van der Waals surface area contributed by atoms with Gasteiger partial charge in [0.1, 0.15) is 0 Å². The molecule has 4 heteroatoms. The summed E-state index contributed by atoms with van der Waals surface area (Å²) < 4.78 is 0. The van der Waals surface area contributed by atoms with Gasteiger partial charge in [-0.2, -0.15) is 0 Å². The number of rotatable bonds is 4. The lowest BCUT2D eigenvalue weighted by Crippen LogP contribution is -2.43. The van der Waals surface area contributed by atoms with Crippen LogP contribution in [0.2, 0.25) is 0 Å². The van der Waals surface area contributed by atoms with Crippen molar-refractivity contribution in [1.29, 1.82) is 0 Å². The number of urea groups is 1. The molecule has 1 aliphatic heterocycles. The van der Waals surface area contributed by atoms with Crippen molar-refractivity contribution in [2.24, 2.45) is 0 Å². The Labute approximate surface area is 131 Å². The topological polar surface area (TPSA) is 44.4 Å². The molecule has 4 nitrogen and oxygen atoms in total. The van der Waals surface area contributed by atoms with Crippen molar-refractivity contribution in [3.63, 3.8) is 0 Å². The van der Waals surface area contributed by atoms with E-state index in [1.165, 1.54) is 5.69 Å². The van der Waals surface area contributed by atoms with E-state index in [1.54, 1.807) is 0 Å². The Balaban J connectivity index is 1.45. The molecule has 1 fully saturated rings. The normalized spacial score (nSPS) is 17.3. The van der Waals surface area contributed by atoms with E-state index in [-0.39, 0.29) is 12.1 Å². The molecule has 2 aromatic rings. The number of benzene rings is 2. The molecule has 1 saturated heterocycles. The van der Waals surface area contributed by atoms with E-state index in [1.807, 2.05) is 48.5 Å². The van der Waals surface area contributed by atoms with Gasteiger partial charge < -0.3 is 15.5 Å². The van der Waals surface area contributed by atoms with Gasteiger partial charge in [-0.15, -0.1) is 0 Å². The van der Waals surface area contributed by atoms with Gasteiger partial charge in [-0.05, 0) is 24.1 Å². The number of nitrogens with one attached hydrogen (secondary N) is 2. The molecule has 2 aromatic carbocycles. The van der Waals surface area contributed by atoms with E-state index < -0.39 is 0 Å². The van der Waals surface area contributed by atoms with Crippen molar-refractivity contribution in [3.8, 4) is 0 Å². The third-order valence-electron chi connectivity index (χ3n) is 3.94. The van der Waals surface area contributed by atoms with Gasteiger partial charge >= 0.3 is 6.03 Å². The quantitative estimate of drug-likeness (QED) is 0.911. The third-order valence-corrected chi connectivity index (χ3v) is 3.94. The maximum Gasteiger partial charge on any atom is 0.315 e. The first-order valence-electron chi connectivity index (χ1n) is 7.69. The summed E-state index contributed by atoms with van der Waals surface area (Å²) in [5.41, 5.74) is 2.33. The molecule has 0 saturated carbocycles. The largest absolute Gasteiger partial charge is 0.369 e. The van der Waals surface area contributed by atoms with Crippen LogP contribution in [0.4, 0.5) is 10.5 Å². The molecule has 1 atom stereocenters. The van der Waals surface area contributed by atoms with Gasteiger partial charge in [0.25, 0.3) is 0 Å². The third kappa shape index (κ3) is 3.79. The zero-order valence-corrected chi connectivity index (χ0v) is 12.5. The molecule has 0 bridgehead atoms. The highest BCUT2D eigenvalue weighted by atomic mass is 16.2. The van der Waals surface area contributed by atoms with Crippen molar-refractivity contribution in [2.75, 3.05) is 18.0 Å². The molecule has 0 aromatic heterocycles. The molecule has 114 valence electrons. The van der Waals surface area contributed by atoms with E-state index in [0.717, 1.165) is 25.1 Å². The SMILES string of the molecule is O=C(NCc1ccccc1)NC1CCN(c2ccccc2)C1. The Morgan fingerprint density at radius 1 is 1.05 bits per heavy atom. The summed E-state index contributed by atoms with van der Waals surface area (Å²) in [7, 11) is 0. The maximum atomic E-state index is 12.0. The van der Waals surface area contributed by atoms with Gasteiger partial charge in [-0.25, -0.2) is 4.79 Å². The van der Waals surface area contributed by atoms with Crippen LogP contribution in [0, 0.1) is 0 Å². The number of amides is 2. The Morgan fingerprint density at radius 2 is 1.73 bits per heavy atom. The molecule has 1 heterocycles. The van der Waals surface area contributed by atoms with Crippen LogP contribution < -0.4 is 15.5 Å². The van der Waals surface area contributed by atoms with Crippen molar-refractivity contribution in [3.05, 3.63) is 66.2 Å². The predicted octanol–water partition coefficient (Wildman–Crippen LogP) is 2.76. The van der Waals surface area contributed by atoms with Crippen molar-refractivity contribution in [2.45, 2.75) is 19.0 Å². The average molecular weight is 295 g/mol. The van der Waals surface area contributed by atoms with Crippen molar-refractivity contribution in [1.82, 2.24) is 10.6 Å². The molecule has 1 unspecified atom stereocenters. The van der Waals surface area contributed by atoms with Gasteiger partial charge in [0.15, 0.2) is 0 Å². The van der Waals surface area contributed by atoms with Crippen LogP contribution in [0.5, 0.6) is 0 Å². The van der Waals surface area contributed by atoms with E-state index in [9.17, 15) is 4.79 Å². The summed E-state index contributed by atoms with van der Waals surface area (Å²) in [5.74, 6) is 0. The molecule has 22 heavy (non-hydrogen) atoms. The first-order valence-corrected chi connectivity index (χ1v) is 7.69. The van der Waals surface area contributed by atoms with E-state index in [0.29, 0.717) is 6.54 Å². The summed E-state index contributed by atoms with van der Waals surface area (Å²) in [6, 6.07) is 20.4. The van der Waals surface area contributed by atoms with Crippen molar-refractivity contribution >= 4 is 11.7 Å². The van der Waals surface area contributed by atoms with Gasteiger partial charge in [0.2, 0.25) is 0 Å². The van der Waals surface area contributed by atoms with Crippen LogP contribution in [0.1, 0.15) is 12.0 Å². The highest BCUT2D eigenvalue weighted by molar-refractivity contribution is 5.74. The number of para-hydroxylation sites is 1. The Morgan fingerprint density at radius 3 is 2.45 bits per heavy atom. The monoisotopic (exact) mass is 295 g/mol. The standard InChI is InChI=1S/C18H21N3O/c22-18(19-13-15-7-3-1-4-8-15)20-16-11-12-21(14-16)17-9-5-2-6-10-17/h1-10,16H,11-14H2,(H2,19,20,22). The lowest BCUT2D eigenvalue weighted by Gasteiger charge is -2.19. The molecule has 2 amide bonds. The zero-order chi connectivity index (χ0) is 15.2. The van der Waals surface area contributed by atoms with E-state index in [4.69, 9.17) is 0 Å². The van der Waals surface area contributed by atoms with Crippen molar-refractivity contribution < 1.29 is 4.79 Å². The number of nitrogens with zero attached hydrogens (tertiary/aromatic N) is 1. The number of carbonyl (C=O) groups excluding carboxylic acids is 1. The van der Waals surface area contributed by atoms with Crippen LogP contribution in [-0.2, 0) is 6.54 Å². The summed E-state index contributed by atoms with van der Waals surface area (Å²) in [6.45, 7) is 2.40. The summed E-state index contributed by atoms with van der Waals surface area (Å²) in [4.78, 5) is 14.3. The molecule has 0 spiro atoms. The molecule has 0 radical (unpaired) electrons. The molecule has 1 aliphatic rings. The Bertz CT molecular complexity index is 600. The highest BCUT2D eigenvalue weighted by Crippen LogP contribution is 2.19. The van der Waals surface area contributed by atoms with Gasteiger partial charge in [0, 0.05) is 31.4 Å². The van der Waals surface area contributed by atoms with Gasteiger partial charge in [-0.3, -0.25) is 0 Å². The second kappa shape index (κ2) is 6.98. The van der Waals surface area contributed by atoms with Crippen LogP contribution in [0.3, 0.4) is 0 Å². The Kier molecular flexibility index (Phi) is 4.59. The van der Waals surface area contributed by atoms with Crippen LogP contribution in [0.15, 0.2) is 60.7 Å². The maximum absolute atomic E-state index is 12.0. The Hall–Kier alpha value is -2.49. The highest BCUT2D eigenvalue weighted by Gasteiger charge is 2.23. The minimum absolute atomic E-state index is 0.0937. The van der Waals surface area contributed by atoms with E-state index >= 15 is 0 Å². The number of carbonyl (C=O) groups is 1. The minimum Gasteiger partial charge on any atom is -0.369 e. The number of hydrogen-bond acceptors (Lipinski definition) is 2. The lowest BCUT2D eigenvalue weighted by molar-refractivity contribution is 0.237. The van der Waals surface area contributed by atoms with Crippen LogP contribution in [0.25, 0.3) is 0 Å². The molecule has 2 N–H and O–H groups in total. The minimum atomic E-state index is -0.0937. The van der Waals surface area contributed by atoms with E-state index in [2.05, 4.69) is 27.7 Å². The second-order valence-corrected chi connectivity index (χ2v) is 5.58. The number of hydrogen-bond donors (Lipinski definition) is 2. The predicted molar refractivity (Wildman–Crippen MR) is 88.9 cm³/mol. The van der Waals surface area contributed by atoms with Crippen LogP contribution >= 0.6 is 0 Å². The summed E-state index contributed by atoms with van der Waals surface area (Å²) in [6.07, 6.45) is 0.980. The fourth-order valence-corrected chi connectivity index (χ4v) is 2.77. The molecule has 3 rings (SSSR count). The second-order valence-electron chi connectivity index (χ2n) is 5.58. The fourth-order valence-electron chi connectivity index (χ4n) is 2.77. The van der Waals surface area contributed by atoms with Gasteiger partial charge in [0.05, 0.1) is 0 Å². The van der Waals surface area contributed by atoms with Gasteiger partial charge in [-0.1, -0.05) is 48.5 Å². The summed E-state index contributed by atoms with van der Waals surface area (Å²) >= 11 is 0. The summed E-state index contributed by atoms with van der Waals surface area (Å²) in [5, 5.41) is 5.97. The first kappa shape index (κ1) is 14.4. The molecule has 0 aliphatic carbocycles. The number of anilines is 1. The van der Waals surface area contributed by atoms with Crippen LogP contribution in [-0.4, -0.2) is 25.2 Å². The molecular formula is C18H21N3O. The fraction of sp³-hybridized carbons (Fsp3) is 0.278. The first-order chi connectivity index (χ1) is 10.8. The molecular weight excluding hydrogens is 274 g/mol. The smallest absolute Gasteiger partial charge is 0.315 e. The lowest BCUT2D eigenvalue weighted by atomic mass is 10.2.